The first-order chi connectivity index (χ1) is 20.4. The largest absolute Gasteiger partial charge is 0.297 e. The average Bonchev–Trinajstić information content (AvgIpc) is 3.28. The second-order valence-corrected chi connectivity index (χ2v) is 10.4. The Morgan fingerprint density at radius 2 is 1.19 bits per heavy atom. The molecular formula is C33H26N8O. The highest BCUT2D eigenvalue weighted by atomic mass is 16.1. The highest BCUT2D eigenvalue weighted by Gasteiger charge is 2.39. The van der Waals surface area contributed by atoms with E-state index in [9.17, 15) is 4.79 Å². The third-order valence-corrected chi connectivity index (χ3v) is 7.58. The maximum atomic E-state index is 12.4. The Balaban J connectivity index is 1.55. The molecule has 2 aliphatic rings. The van der Waals surface area contributed by atoms with E-state index < -0.39 is 5.91 Å². The number of para-hydroxylation sites is 4. The fraction of sp³-hybridized carbons (Fsp3) is 0.121. The van der Waals surface area contributed by atoms with E-state index in [-0.39, 0.29) is 0 Å². The molecule has 0 bridgehead atoms. The molecule has 2 aromatic heterocycles. The molecule has 0 saturated heterocycles. The molecule has 42 heavy (non-hydrogen) atoms. The normalized spacial score (nSPS) is 15.0. The Morgan fingerprint density at radius 1 is 0.643 bits per heavy atom. The van der Waals surface area contributed by atoms with Gasteiger partial charge in [0.1, 0.15) is 17.2 Å². The van der Waals surface area contributed by atoms with Gasteiger partial charge in [0.2, 0.25) is 0 Å². The Kier molecular flexibility index (Phi) is 5.93. The van der Waals surface area contributed by atoms with Crippen molar-refractivity contribution >= 4 is 45.6 Å². The molecular weight excluding hydrogens is 524 g/mol. The number of aromatic nitrogens is 4. The number of fused-ring (bicyclic) bond motifs is 3. The third kappa shape index (κ3) is 3.97. The van der Waals surface area contributed by atoms with Crippen LogP contribution in [0.15, 0.2) is 101 Å². The van der Waals surface area contributed by atoms with Crippen LogP contribution in [-0.2, 0) is 0 Å². The van der Waals surface area contributed by atoms with Gasteiger partial charge in [-0.2, -0.15) is 5.10 Å². The summed E-state index contributed by atoms with van der Waals surface area (Å²) in [6, 6.07) is 22.0. The first-order valence-electron chi connectivity index (χ1n) is 13.6. The molecule has 9 nitrogen and oxygen atoms in total. The van der Waals surface area contributed by atoms with Gasteiger partial charge in [-0.1, -0.05) is 48.5 Å². The number of hydrogen-bond acceptors (Lipinski definition) is 8. The van der Waals surface area contributed by atoms with E-state index in [2.05, 4.69) is 94.3 Å². The molecule has 0 radical (unpaired) electrons. The molecule has 9 heteroatoms. The summed E-state index contributed by atoms with van der Waals surface area (Å²) < 4.78 is 0. The molecule has 204 valence electrons. The lowest BCUT2D eigenvalue weighted by atomic mass is 10.1. The lowest BCUT2D eigenvalue weighted by Crippen LogP contribution is -2.24. The highest BCUT2D eigenvalue weighted by Crippen LogP contribution is 2.51. The lowest BCUT2D eigenvalue weighted by molar-refractivity contribution is 0.0992. The standard InChI is InChI=1S/C33H26N8O/c1-19-9-7-10-20(2)29(19)40-27(16-15-26-28-23(17-18-34-38-28)33(42)39-37-26)41(30-21(3)11-8-12-22(30)4)32-31(40)35-24-13-5-6-14-25(24)36-32/h5-18H,1-4H3/b26-15+. The number of carbonyl (C=O) groups is 1. The summed E-state index contributed by atoms with van der Waals surface area (Å²) in [5.41, 5.74) is 9.22. The van der Waals surface area contributed by atoms with Crippen LogP contribution in [0.25, 0.3) is 16.7 Å². The molecule has 4 heterocycles. The van der Waals surface area contributed by atoms with Gasteiger partial charge in [0, 0.05) is 0 Å². The van der Waals surface area contributed by atoms with Crippen LogP contribution in [-0.4, -0.2) is 26.1 Å². The minimum atomic E-state index is -0.438. The zero-order valence-electron chi connectivity index (χ0n) is 23.6. The molecule has 3 aromatic carbocycles. The molecule has 1 amide bonds. The van der Waals surface area contributed by atoms with Crippen LogP contribution in [0.3, 0.4) is 0 Å². The van der Waals surface area contributed by atoms with Crippen molar-refractivity contribution in [2.24, 2.45) is 10.2 Å². The first kappa shape index (κ1) is 25.4. The molecule has 0 N–H and O–H groups in total. The molecule has 5 aromatic rings. The minimum absolute atomic E-state index is 0.368. The van der Waals surface area contributed by atoms with Gasteiger partial charge in [-0.3, -0.25) is 14.6 Å². The van der Waals surface area contributed by atoms with Gasteiger partial charge < -0.3 is 0 Å². The molecule has 0 atom stereocenters. The molecule has 0 aliphatic carbocycles. The molecule has 0 spiro atoms. The van der Waals surface area contributed by atoms with Gasteiger partial charge in [0.15, 0.2) is 11.6 Å². The van der Waals surface area contributed by atoms with Gasteiger partial charge >= 0.3 is 0 Å². The van der Waals surface area contributed by atoms with Gasteiger partial charge in [0.25, 0.3) is 5.91 Å². The maximum Gasteiger partial charge on any atom is 0.297 e. The van der Waals surface area contributed by atoms with Crippen LogP contribution >= 0.6 is 0 Å². The summed E-state index contributed by atoms with van der Waals surface area (Å²) in [6.07, 6.45) is 5.27. The Morgan fingerprint density at radius 3 is 1.74 bits per heavy atom. The van der Waals surface area contributed by atoms with Crippen molar-refractivity contribution in [2.75, 3.05) is 9.80 Å². The zero-order chi connectivity index (χ0) is 29.0. The van der Waals surface area contributed by atoms with Gasteiger partial charge in [-0.15, -0.1) is 15.3 Å². The van der Waals surface area contributed by atoms with E-state index in [0.717, 1.165) is 62.1 Å². The predicted octanol–water partition coefficient (Wildman–Crippen LogP) is 7.43. The fourth-order valence-electron chi connectivity index (χ4n) is 5.66. The van der Waals surface area contributed by atoms with Crippen molar-refractivity contribution in [1.29, 1.82) is 0 Å². The van der Waals surface area contributed by atoms with Crippen LogP contribution in [0, 0.1) is 27.7 Å². The van der Waals surface area contributed by atoms with Crippen LogP contribution in [0.2, 0.25) is 0 Å². The third-order valence-electron chi connectivity index (χ3n) is 7.58. The smallest absolute Gasteiger partial charge is 0.276 e. The summed E-state index contributed by atoms with van der Waals surface area (Å²) in [5, 5.41) is 16.2. The summed E-state index contributed by atoms with van der Waals surface area (Å²) in [5.74, 6) is 1.81. The summed E-state index contributed by atoms with van der Waals surface area (Å²) >= 11 is 0. The lowest BCUT2D eigenvalue weighted by Gasteiger charge is -2.28. The summed E-state index contributed by atoms with van der Waals surface area (Å²) in [7, 11) is 0. The number of rotatable bonds is 3. The first-order valence-corrected chi connectivity index (χ1v) is 13.6. The number of hydrogen-bond donors (Lipinski definition) is 0. The van der Waals surface area contributed by atoms with E-state index >= 15 is 0 Å². The monoisotopic (exact) mass is 550 g/mol. The second-order valence-electron chi connectivity index (χ2n) is 10.4. The second kappa shape index (κ2) is 9.81. The van der Waals surface area contributed by atoms with Gasteiger partial charge in [0.05, 0.1) is 34.2 Å². The predicted molar refractivity (Wildman–Crippen MR) is 163 cm³/mol. The summed E-state index contributed by atoms with van der Waals surface area (Å²) in [6.45, 7) is 8.39. The molecule has 0 fully saturated rings. The van der Waals surface area contributed by atoms with Crippen molar-refractivity contribution in [3.05, 3.63) is 124 Å². The number of carbonyl (C=O) groups excluding carboxylic acids is 1. The number of amides is 1. The number of benzene rings is 3. The van der Waals surface area contributed by atoms with Gasteiger partial charge in [-0.05, 0) is 80.3 Å². The number of allylic oxidation sites excluding steroid dienone is 2. The van der Waals surface area contributed by atoms with Crippen LogP contribution in [0.4, 0.5) is 23.0 Å². The quantitative estimate of drug-likeness (QED) is 0.230. The van der Waals surface area contributed by atoms with E-state index in [1.54, 1.807) is 6.07 Å². The maximum absolute atomic E-state index is 12.4. The van der Waals surface area contributed by atoms with Crippen molar-refractivity contribution in [3.8, 4) is 0 Å². The molecule has 0 unspecified atom stereocenters. The number of anilines is 4. The highest BCUT2D eigenvalue weighted by molar-refractivity contribution is 6.01. The SMILES string of the molecule is Cc1cccc(C)c1N1C(=C/C=C2/N=NC(=O)c3ccnnc32)N(c2c(C)cccc2C)c2nc3ccccc3nc21. The van der Waals surface area contributed by atoms with Crippen molar-refractivity contribution in [1.82, 2.24) is 20.2 Å². The fourth-order valence-corrected chi connectivity index (χ4v) is 5.66. The number of azo groups is 1. The van der Waals surface area contributed by atoms with Crippen molar-refractivity contribution in [3.63, 3.8) is 0 Å². The van der Waals surface area contributed by atoms with Crippen molar-refractivity contribution < 1.29 is 4.79 Å². The molecule has 0 saturated carbocycles. The Labute approximate surface area is 242 Å². The van der Waals surface area contributed by atoms with Crippen LogP contribution < -0.4 is 9.80 Å². The summed E-state index contributed by atoms with van der Waals surface area (Å²) in [4.78, 5) is 27.0. The zero-order valence-corrected chi connectivity index (χ0v) is 23.6. The van der Waals surface area contributed by atoms with Crippen LogP contribution in [0.5, 0.6) is 0 Å². The Bertz CT molecular complexity index is 1890. The van der Waals surface area contributed by atoms with Crippen molar-refractivity contribution in [2.45, 2.75) is 27.7 Å². The topological polar surface area (TPSA) is 99.8 Å². The van der Waals surface area contributed by atoms with E-state index in [1.807, 2.05) is 36.4 Å². The van der Waals surface area contributed by atoms with Crippen LogP contribution in [0.1, 0.15) is 38.3 Å². The molecule has 7 rings (SSSR count). The van der Waals surface area contributed by atoms with E-state index in [4.69, 9.17) is 9.97 Å². The van der Waals surface area contributed by atoms with E-state index in [0.29, 0.717) is 17.0 Å². The van der Waals surface area contributed by atoms with E-state index in [1.165, 1.54) is 6.20 Å². The average molecular weight is 551 g/mol. The Hall–Kier alpha value is -5.57. The number of aryl methyl sites for hydroxylation is 4. The molecule has 2 aliphatic heterocycles. The van der Waals surface area contributed by atoms with Gasteiger partial charge in [-0.25, -0.2) is 9.97 Å². The minimum Gasteiger partial charge on any atom is -0.276 e. The number of nitrogens with zero attached hydrogens (tertiary/aromatic N) is 8.